The molecule has 0 saturated carbocycles. The number of nitrogens with zero attached hydrogens (tertiary/aromatic N) is 2. The average molecular weight is 284 g/mol. The highest BCUT2D eigenvalue weighted by atomic mass is 16.6. The summed E-state index contributed by atoms with van der Waals surface area (Å²) in [5.74, 6) is 0.731. The van der Waals surface area contributed by atoms with E-state index < -0.39 is 4.92 Å². The van der Waals surface area contributed by atoms with Crippen LogP contribution < -0.4 is 4.74 Å². The van der Waals surface area contributed by atoms with E-state index in [2.05, 4.69) is 5.16 Å². The molecule has 6 nitrogen and oxygen atoms in total. The molecule has 106 valence electrons. The zero-order valence-corrected chi connectivity index (χ0v) is 11.5. The lowest BCUT2D eigenvalue weighted by molar-refractivity contribution is -0.384. The number of rotatable bonds is 3. The highest BCUT2D eigenvalue weighted by Gasteiger charge is 2.15. The number of methoxy groups -OCH3 is 1. The van der Waals surface area contributed by atoms with Crippen LogP contribution in [0.2, 0.25) is 0 Å². The number of benzene rings is 2. The maximum Gasteiger partial charge on any atom is 0.270 e. The van der Waals surface area contributed by atoms with Gasteiger partial charge in [-0.3, -0.25) is 10.1 Å². The van der Waals surface area contributed by atoms with Crippen molar-refractivity contribution >= 4 is 16.7 Å². The second-order valence-corrected chi connectivity index (χ2v) is 4.65. The van der Waals surface area contributed by atoms with Crippen LogP contribution in [0.25, 0.3) is 22.2 Å². The van der Waals surface area contributed by atoms with Crippen LogP contribution in [-0.4, -0.2) is 17.2 Å². The maximum atomic E-state index is 10.9. The first-order valence-corrected chi connectivity index (χ1v) is 6.29. The van der Waals surface area contributed by atoms with Crippen LogP contribution in [0.4, 0.5) is 5.69 Å². The zero-order valence-electron chi connectivity index (χ0n) is 11.5. The summed E-state index contributed by atoms with van der Waals surface area (Å²) in [6.45, 7) is 1.94. The highest BCUT2D eigenvalue weighted by Crippen LogP contribution is 2.33. The lowest BCUT2D eigenvalue weighted by atomic mass is 10.1. The molecule has 0 N–H and O–H groups in total. The van der Waals surface area contributed by atoms with Gasteiger partial charge in [0.2, 0.25) is 0 Å². The van der Waals surface area contributed by atoms with Crippen molar-refractivity contribution in [3.63, 3.8) is 0 Å². The molecule has 3 rings (SSSR count). The summed E-state index contributed by atoms with van der Waals surface area (Å²) >= 11 is 0. The van der Waals surface area contributed by atoms with Gasteiger partial charge >= 0.3 is 0 Å². The van der Waals surface area contributed by atoms with E-state index in [0.29, 0.717) is 16.7 Å². The van der Waals surface area contributed by atoms with Crippen LogP contribution in [0.15, 0.2) is 40.9 Å². The van der Waals surface area contributed by atoms with Gasteiger partial charge < -0.3 is 9.26 Å². The molecule has 0 spiro atoms. The van der Waals surface area contributed by atoms with Crippen molar-refractivity contribution in [2.45, 2.75) is 6.92 Å². The second kappa shape index (κ2) is 4.90. The van der Waals surface area contributed by atoms with Crippen molar-refractivity contribution in [2.24, 2.45) is 0 Å². The summed E-state index contributed by atoms with van der Waals surface area (Å²) in [5, 5.41) is 15.5. The molecule has 6 heteroatoms. The van der Waals surface area contributed by atoms with E-state index in [-0.39, 0.29) is 5.69 Å². The molecule has 2 aromatic carbocycles. The van der Waals surface area contributed by atoms with Gasteiger partial charge in [-0.15, -0.1) is 0 Å². The number of non-ortho nitro benzene ring substituents is 1. The molecule has 1 aromatic heterocycles. The Morgan fingerprint density at radius 2 is 2.05 bits per heavy atom. The van der Waals surface area contributed by atoms with Gasteiger partial charge in [0, 0.05) is 17.7 Å². The topological polar surface area (TPSA) is 78.4 Å². The maximum absolute atomic E-state index is 10.9. The van der Waals surface area contributed by atoms with Crippen molar-refractivity contribution < 1.29 is 14.2 Å². The number of hydrogen-bond donors (Lipinski definition) is 0. The predicted octanol–water partition coefficient (Wildman–Crippen LogP) is 3.72. The Morgan fingerprint density at radius 3 is 2.76 bits per heavy atom. The number of hydrogen-bond acceptors (Lipinski definition) is 5. The summed E-state index contributed by atoms with van der Waals surface area (Å²) in [6, 6.07) is 10.0. The Labute approximate surface area is 120 Å². The van der Waals surface area contributed by atoms with E-state index in [9.17, 15) is 10.1 Å². The monoisotopic (exact) mass is 284 g/mol. The van der Waals surface area contributed by atoms with Gasteiger partial charge in [-0.25, -0.2) is 0 Å². The number of aryl methyl sites for hydroxylation is 1. The third-order valence-corrected chi connectivity index (χ3v) is 3.35. The number of nitro groups is 1. The summed E-state index contributed by atoms with van der Waals surface area (Å²) in [5.41, 5.74) is 2.87. The van der Waals surface area contributed by atoms with Gasteiger partial charge in [-0.1, -0.05) is 17.3 Å². The van der Waals surface area contributed by atoms with Crippen LogP contribution in [-0.2, 0) is 0 Å². The fourth-order valence-electron chi connectivity index (χ4n) is 2.22. The molecule has 0 unspecified atom stereocenters. The van der Waals surface area contributed by atoms with Crippen molar-refractivity contribution in [3.05, 3.63) is 52.1 Å². The average Bonchev–Trinajstić information content (AvgIpc) is 2.90. The molecule has 0 fully saturated rings. The quantitative estimate of drug-likeness (QED) is 0.541. The molecule has 0 aliphatic carbocycles. The van der Waals surface area contributed by atoms with Gasteiger partial charge in [-0.05, 0) is 24.6 Å². The van der Waals surface area contributed by atoms with Crippen molar-refractivity contribution in [1.29, 1.82) is 0 Å². The Bertz CT molecular complexity index is 839. The third kappa shape index (κ3) is 2.20. The SMILES string of the molecule is COc1cc(-c2noc3ccc([N+](=O)[O-])cc23)ccc1C. The van der Waals surface area contributed by atoms with E-state index in [4.69, 9.17) is 9.26 Å². The Balaban J connectivity index is 2.20. The van der Waals surface area contributed by atoms with E-state index in [1.165, 1.54) is 12.1 Å². The van der Waals surface area contributed by atoms with E-state index in [0.717, 1.165) is 16.9 Å². The van der Waals surface area contributed by atoms with Crippen LogP contribution in [0, 0.1) is 17.0 Å². The normalized spacial score (nSPS) is 10.8. The largest absolute Gasteiger partial charge is 0.496 e. The molecular weight excluding hydrogens is 272 g/mol. The van der Waals surface area contributed by atoms with E-state index in [1.54, 1.807) is 13.2 Å². The summed E-state index contributed by atoms with van der Waals surface area (Å²) < 4.78 is 10.5. The minimum absolute atomic E-state index is 0.00558. The predicted molar refractivity (Wildman–Crippen MR) is 77.4 cm³/mol. The second-order valence-electron chi connectivity index (χ2n) is 4.65. The Morgan fingerprint density at radius 1 is 1.24 bits per heavy atom. The first-order chi connectivity index (χ1) is 10.1. The minimum Gasteiger partial charge on any atom is -0.496 e. The van der Waals surface area contributed by atoms with Crippen molar-refractivity contribution in [3.8, 4) is 17.0 Å². The summed E-state index contributed by atoms with van der Waals surface area (Å²) in [4.78, 5) is 10.5. The molecule has 0 aliphatic heterocycles. The van der Waals surface area contributed by atoms with Crippen LogP contribution in [0.5, 0.6) is 5.75 Å². The van der Waals surface area contributed by atoms with E-state index >= 15 is 0 Å². The molecule has 0 atom stereocenters. The fourth-order valence-corrected chi connectivity index (χ4v) is 2.22. The number of nitro benzene ring substituents is 1. The number of fused-ring (bicyclic) bond motifs is 1. The van der Waals surface area contributed by atoms with Crippen LogP contribution >= 0.6 is 0 Å². The smallest absolute Gasteiger partial charge is 0.270 e. The standard InChI is InChI=1S/C15H12N2O4/c1-9-3-4-10(7-14(9)20-2)15-12-8-11(17(18)19)5-6-13(12)21-16-15/h3-8H,1-2H3. The van der Waals surface area contributed by atoms with Crippen LogP contribution in [0.1, 0.15) is 5.56 Å². The van der Waals surface area contributed by atoms with Gasteiger partial charge in [0.05, 0.1) is 17.4 Å². The molecule has 1 heterocycles. The minimum atomic E-state index is -0.439. The van der Waals surface area contributed by atoms with Crippen molar-refractivity contribution in [2.75, 3.05) is 7.11 Å². The number of ether oxygens (including phenoxy) is 1. The summed E-state index contributed by atoms with van der Waals surface area (Å²) in [6.07, 6.45) is 0. The first-order valence-electron chi connectivity index (χ1n) is 6.29. The number of aromatic nitrogens is 1. The molecule has 0 saturated heterocycles. The molecular formula is C15H12N2O4. The summed E-state index contributed by atoms with van der Waals surface area (Å²) in [7, 11) is 1.60. The molecule has 0 bridgehead atoms. The van der Waals surface area contributed by atoms with Crippen LogP contribution in [0.3, 0.4) is 0 Å². The molecule has 21 heavy (non-hydrogen) atoms. The lowest BCUT2D eigenvalue weighted by Gasteiger charge is -2.05. The lowest BCUT2D eigenvalue weighted by Crippen LogP contribution is -1.89. The highest BCUT2D eigenvalue weighted by molar-refractivity contribution is 5.93. The molecule has 0 radical (unpaired) electrons. The van der Waals surface area contributed by atoms with Gasteiger partial charge in [0.15, 0.2) is 5.58 Å². The third-order valence-electron chi connectivity index (χ3n) is 3.35. The molecule has 0 amide bonds. The Hall–Kier alpha value is -2.89. The Kier molecular flexibility index (Phi) is 3.06. The van der Waals surface area contributed by atoms with Crippen molar-refractivity contribution in [1.82, 2.24) is 5.16 Å². The van der Waals surface area contributed by atoms with Gasteiger partial charge in [-0.2, -0.15) is 0 Å². The fraction of sp³-hybridized carbons (Fsp3) is 0.133. The van der Waals surface area contributed by atoms with Gasteiger partial charge in [0.1, 0.15) is 11.4 Å². The zero-order chi connectivity index (χ0) is 15.0. The van der Waals surface area contributed by atoms with Gasteiger partial charge in [0.25, 0.3) is 5.69 Å². The molecule has 0 aliphatic rings. The first kappa shape index (κ1) is 13.1. The molecule has 3 aromatic rings. The van der Waals surface area contributed by atoms with E-state index in [1.807, 2.05) is 25.1 Å².